The number of hydrogen-bond donors (Lipinski definition) is 1. The van der Waals surface area contributed by atoms with Gasteiger partial charge < -0.3 is 9.47 Å². The monoisotopic (exact) mass is 335 g/mol. The van der Waals surface area contributed by atoms with Gasteiger partial charge in [-0.2, -0.15) is 0 Å². The van der Waals surface area contributed by atoms with E-state index >= 15 is 0 Å². The molecule has 0 saturated heterocycles. The highest BCUT2D eigenvalue weighted by atomic mass is 32.1. The number of carbonyl (C=O) groups excluding carboxylic acids is 1. The van der Waals surface area contributed by atoms with E-state index in [4.69, 9.17) is 9.47 Å². The summed E-state index contributed by atoms with van der Waals surface area (Å²) in [6.07, 6.45) is 3.08. The zero-order valence-corrected chi connectivity index (χ0v) is 14.2. The molecule has 1 aromatic carbocycles. The van der Waals surface area contributed by atoms with Gasteiger partial charge in [-0.3, -0.25) is 10.1 Å². The van der Waals surface area contributed by atoms with E-state index in [9.17, 15) is 4.79 Å². The molecule has 0 aliphatic rings. The lowest BCUT2D eigenvalue weighted by atomic mass is 10.3. The molecule has 0 unspecified atom stereocenters. The molecular weight excluding hydrogens is 314 g/mol. The average Bonchev–Trinajstić information content (AvgIpc) is 3.00. The predicted molar refractivity (Wildman–Crippen MR) is 90.3 cm³/mol. The lowest BCUT2D eigenvalue weighted by Gasteiger charge is -2.07. The van der Waals surface area contributed by atoms with Crippen molar-refractivity contribution in [1.82, 2.24) is 10.2 Å². The van der Waals surface area contributed by atoms with Crippen molar-refractivity contribution in [2.75, 3.05) is 18.5 Å². The minimum atomic E-state index is -0.253. The van der Waals surface area contributed by atoms with Gasteiger partial charge in [-0.25, -0.2) is 0 Å². The number of nitrogens with zero attached hydrogens (tertiary/aromatic N) is 2. The van der Waals surface area contributed by atoms with Gasteiger partial charge in [0.2, 0.25) is 5.13 Å². The Kier molecular flexibility index (Phi) is 6.80. The maximum atomic E-state index is 11.9. The molecule has 0 aliphatic carbocycles. The zero-order chi connectivity index (χ0) is 16.5. The lowest BCUT2D eigenvalue weighted by Crippen LogP contribution is -2.20. The van der Waals surface area contributed by atoms with Gasteiger partial charge in [0.25, 0.3) is 5.91 Å². The van der Waals surface area contributed by atoms with Crippen molar-refractivity contribution in [1.29, 1.82) is 0 Å². The Morgan fingerprint density at radius 3 is 2.48 bits per heavy atom. The topological polar surface area (TPSA) is 73.3 Å². The van der Waals surface area contributed by atoms with E-state index in [2.05, 4.69) is 22.4 Å². The summed E-state index contributed by atoms with van der Waals surface area (Å²) in [6, 6.07) is 7.15. The maximum absolute atomic E-state index is 11.9. The number of aromatic nitrogens is 2. The van der Waals surface area contributed by atoms with Crippen molar-refractivity contribution < 1.29 is 14.3 Å². The van der Waals surface area contributed by atoms with Crippen molar-refractivity contribution in [3.63, 3.8) is 0 Å². The van der Waals surface area contributed by atoms with E-state index in [0.29, 0.717) is 17.5 Å². The Morgan fingerprint density at radius 2 is 1.83 bits per heavy atom. The summed E-state index contributed by atoms with van der Waals surface area (Å²) in [5.74, 6) is 1.14. The van der Waals surface area contributed by atoms with Gasteiger partial charge >= 0.3 is 0 Å². The third kappa shape index (κ3) is 5.86. The van der Waals surface area contributed by atoms with Gasteiger partial charge in [-0.05, 0) is 37.6 Å². The van der Waals surface area contributed by atoms with Crippen LogP contribution in [0.4, 0.5) is 5.13 Å². The largest absolute Gasteiger partial charge is 0.494 e. The second kappa shape index (κ2) is 9.09. The molecule has 1 N–H and O–H groups in total. The first-order valence-corrected chi connectivity index (χ1v) is 8.50. The fourth-order valence-corrected chi connectivity index (χ4v) is 2.63. The fourth-order valence-electron chi connectivity index (χ4n) is 1.84. The zero-order valence-electron chi connectivity index (χ0n) is 13.4. The second-order valence-corrected chi connectivity index (χ2v) is 5.91. The first kappa shape index (κ1) is 17.2. The molecule has 2 rings (SSSR count). The highest BCUT2D eigenvalue weighted by Crippen LogP contribution is 2.19. The molecule has 0 saturated carbocycles. The Bertz CT molecular complexity index is 613. The molecule has 0 bridgehead atoms. The number of benzene rings is 1. The van der Waals surface area contributed by atoms with Crippen LogP contribution in [0.25, 0.3) is 0 Å². The second-order valence-electron chi connectivity index (χ2n) is 4.85. The van der Waals surface area contributed by atoms with Crippen molar-refractivity contribution in [3.8, 4) is 11.5 Å². The summed E-state index contributed by atoms with van der Waals surface area (Å²) in [5.41, 5.74) is 0. The van der Waals surface area contributed by atoms with Gasteiger partial charge in [-0.1, -0.05) is 24.7 Å². The van der Waals surface area contributed by atoms with E-state index in [1.807, 2.05) is 19.1 Å². The third-order valence-electron chi connectivity index (χ3n) is 2.96. The fraction of sp³-hybridized carbons (Fsp3) is 0.438. The van der Waals surface area contributed by atoms with E-state index in [1.165, 1.54) is 11.3 Å². The number of nitrogens with one attached hydrogen (secondary N) is 1. The van der Waals surface area contributed by atoms with Crippen LogP contribution >= 0.6 is 11.3 Å². The van der Waals surface area contributed by atoms with Crippen molar-refractivity contribution in [2.45, 2.75) is 33.1 Å². The van der Waals surface area contributed by atoms with E-state index < -0.39 is 0 Å². The minimum Gasteiger partial charge on any atom is -0.494 e. The number of anilines is 1. The predicted octanol–water partition coefficient (Wildman–Crippen LogP) is 3.30. The first-order chi connectivity index (χ1) is 11.2. The van der Waals surface area contributed by atoms with Crippen LogP contribution in [0.1, 0.15) is 31.7 Å². The Labute approximate surface area is 139 Å². The van der Waals surface area contributed by atoms with E-state index in [1.54, 1.807) is 12.1 Å². The summed E-state index contributed by atoms with van der Waals surface area (Å²) in [7, 11) is 0. The normalized spacial score (nSPS) is 10.3. The molecule has 7 heteroatoms. The number of rotatable bonds is 9. The molecule has 0 aliphatic heterocycles. The summed E-state index contributed by atoms with van der Waals surface area (Å²) in [5, 5.41) is 12.2. The van der Waals surface area contributed by atoms with Crippen molar-refractivity contribution >= 4 is 22.4 Å². The van der Waals surface area contributed by atoms with E-state index in [0.717, 1.165) is 30.0 Å². The number of hydrogen-bond acceptors (Lipinski definition) is 6. The molecule has 1 heterocycles. The summed E-state index contributed by atoms with van der Waals surface area (Å²) in [6.45, 7) is 4.60. The van der Waals surface area contributed by atoms with Crippen molar-refractivity contribution in [3.05, 3.63) is 29.3 Å². The molecular formula is C16H21N3O3S. The average molecular weight is 335 g/mol. The van der Waals surface area contributed by atoms with E-state index in [-0.39, 0.29) is 12.5 Å². The Morgan fingerprint density at radius 1 is 1.13 bits per heavy atom. The van der Waals surface area contributed by atoms with Gasteiger partial charge in [0.1, 0.15) is 16.5 Å². The lowest BCUT2D eigenvalue weighted by molar-refractivity contribution is -0.118. The SMILES string of the molecule is CCCCc1nnc(NC(=O)COc2ccc(OCC)cc2)s1. The molecule has 0 radical (unpaired) electrons. The van der Waals surface area contributed by atoms with Crippen LogP contribution in [0, 0.1) is 0 Å². The Balaban J connectivity index is 1.77. The molecule has 6 nitrogen and oxygen atoms in total. The molecule has 0 atom stereocenters. The number of carbonyl (C=O) groups is 1. The van der Waals surface area contributed by atoms with Gasteiger partial charge in [0.05, 0.1) is 6.61 Å². The molecule has 23 heavy (non-hydrogen) atoms. The minimum absolute atomic E-state index is 0.0716. The number of unbranched alkanes of at least 4 members (excludes halogenated alkanes) is 1. The van der Waals surface area contributed by atoms with Gasteiger partial charge in [-0.15, -0.1) is 10.2 Å². The summed E-state index contributed by atoms with van der Waals surface area (Å²) in [4.78, 5) is 11.9. The van der Waals surface area contributed by atoms with Crippen LogP contribution in [0.3, 0.4) is 0 Å². The molecule has 2 aromatic rings. The highest BCUT2D eigenvalue weighted by Gasteiger charge is 2.09. The standard InChI is InChI=1S/C16H21N3O3S/c1-3-5-6-15-18-19-16(23-15)17-14(20)11-22-13-9-7-12(8-10-13)21-4-2/h7-10H,3-6,11H2,1-2H3,(H,17,19,20). The van der Waals surface area contributed by atoms with Crippen LogP contribution in [-0.4, -0.2) is 29.3 Å². The molecule has 1 amide bonds. The van der Waals surface area contributed by atoms with Crippen molar-refractivity contribution in [2.24, 2.45) is 0 Å². The maximum Gasteiger partial charge on any atom is 0.264 e. The number of aryl methyl sites for hydroxylation is 1. The van der Waals surface area contributed by atoms with Crippen LogP contribution in [-0.2, 0) is 11.2 Å². The summed E-state index contributed by atoms with van der Waals surface area (Å²) >= 11 is 1.40. The smallest absolute Gasteiger partial charge is 0.264 e. The number of amides is 1. The molecule has 1 aromatic heterocycles. The number of ether oxygens (including phenoxy) is 2. The van der Waals surface area contributed by atoms with Crippen LogP contribution in [0.15, 0.2) is 24.3 Å². The van der Waals surface area contributed by atoms with Crippen LogP contribution < -0.4 is 14.8 Å². The third-order valence-corrected chi connectivity index (χ3v) is 3.86. The highest BCUT2D eigenvalue weighted by molar-refractivity contribution is 7.15. The molecule has 124 valence electrons. The van der Waals surface area contributed by atoms with Gasteiger partial charge in [0, 0.05) is 6.42 Å². The molecule has 0 fully saturated rings. The Hall–Kier alpha value is -2.15. The van der Waals surface area contributed by atoms with Crippen LogP contribution in [0.5, 0.6) is 11.5 Å². The molecule has 0 spiro atoms. The first-order valence-electron chi connectivity index (χ1n) is 7.69. The summed E-state index contributed by atoms with van der Waals surface area (Å²) < 4.78 is 10.8. The quantitative estimate of drug-likeness (QED) is 0.761. The van der Waals surface area contributed by atoms with Crippen LogP contribution in [0.2, 0.25) is 0 Å². The van der Waals surface area contributed by atoms with Gasteiger partial charge in [0.15, 0.2) is 6.61 Å².